The second-order valence-electron chi connectivity index (χ2n) is 6.26. The average molecular weight is 365 g/mol. The molecule has 3 aromatic rings. The van der Waals surface area contributed by atoms with E-state index < -0.39 is 16.9 Å². The third-order valence-corrected chi connectivity index (χ3v) is 4.61. The Labute approximate surface area is 154 Å². The molecule has 1 aromatic carbocycles. The van der Waals surface area contributed by atoms with E-state index in [1.54, 1.807) is 21.6 Å². The van der Waals surface area contributed by atoms with Crippen LogP contribution in [0.15, 0.2) is 71.7 Å². The molecule has 1 aliphatic heterocycles. The van der Waals surface area contributed by atoms with Crippen molar-refractivity contribution in [2.75, 3.05) is 0 Å². The van der Waals surface area contributed by atoms with E-state index in [4.69, 9.17) is 0 Å². The largest absolute Gasteiger partial charge is 0.338 e. The quantitative estimate of drug-likeness (QED) is 0.521. The summed E-state index contributed by atoms with van der Waals surface area (Å²) in [5.74, 6) is -0.397. The second-order valence-corrected chi connectivity index (χ2v) is 6.26. The molecule has 136 valence electrons. The molecule has 7 nitrogen and oxygen atoms in total. The molecule has 0 radical (unpaired) electrons. The zero-order valence-electron chi connectivity index (χ0n) is 14.4. The fourth-order valence-corrected chi connectivity index (χ4v) is 3.20. The summed E-state index contributed by atoms with van der Waals surface area (Å²) in [4.78, 5) is 21.3. The number of aliphatic imine (C=N–C) groups is 1. The highest BCUT2D eigenvalue weighted by Gasteiger charge is 2.31. The zero-order valence-corrected chi connectivity index (χ0v) is 14.4. The smallest absolute Gasteiger partial charge is 0.302 e. The molecule has 4 rings (SSSR count). The van der Waals surface area contributed by atoms with Crippen LogP contribution < -0.4 is 0 Å². The van der Waals surface area contributed by atoms with Gasteiger partial charge in [-0.2, -0.15) is 0 Å². The molecular formula is C19H16FN5O2. The summed E-state index contributed by atoms with van der Waals surface area (Å²) in [6.45, 7) is 1.95. The van der Waals surface area contributed by atoms with Crippen molar-refractivity contribution in [2.45, 2.75) is 19.1 Å². The number of nitrogens with zero attached hydrogens (tertiary/aromatic N) is 5. The number of nitro groups is 1. The Balaban J connectivity index is 1.81. The maximum Gasteiger partial charge on any atom is 0.302 e. The van der Waals surface area contributed by atoms with Crippen LogP contribution in [-0.2, 0) is 0 Å². The van der Waals surface area contributed by atoms with Gasteiger partial charge in [0.05, 0.1) is 29.1 Å². The number of allylic oxidation sites excluding steroid dienone is 1. The van der Waals surface area contributed by atoms with Crippen molar-refractivity contribution in [2.24, 2.45) is 4.99 Å². The summed E-state index contributed by atoms with van der Waals surface area (Å²) in [5.41, 5.74) is 2.09. The van der Waals surface area contributed by atoms with Crippen molar-refractivity contribution < 1.29 is 9.31 Å². The molecule has 0 bridgehead atoms. The van der Waals surface area contributed by atoms with Gasteiger partial charge in [-0.15, -0.1) is 0 Å². The summed E-state index contributed by atoms with van der Waals surface area (Å²) >= 11 is 0. The van der Waals surface area contributed by atoms with E-state index in [2.05, 4.69) is 9.98 Å². The van der Waals surface area contributed by atoms with Gasteiger partial charge in [-0.05, 0) is 24.6 Å². The number of imidazole rings is 1. The Bertz CT molecular complexity index is 1060. The molecule has 0 amide bonds. The first kappa shape index (κ1) is 16.9. The van der Waals surface area contributed by atoms with Crippen LogP contribution in [0.5, 0.6) is 0 Å². The average Bonchev–Trinajstić information content (AvgIpc) is 3.10. The van der Waals surface area contributed by atoms with E-state index >= 15 is 0 Å². The van der Waals surface area contributed by atoms with Gasteiger partial charge >= 0.3 is 5.70 Å². The molecule has 0 saturated heterocycles. The number of fused-ring (bicyclic) bond motifs is 1. The van der Waals surface area contributed by atoms with E-state index in [9.17, 15) is 14.5 Å². The van der Waals surface area contributed by atoms with Crippen molar-refractivity contribution in [3.05, 3.63) is 93.9 Å². The number of halogens is 1. The van der Waals surface area contributed by atoms with Gasteiger partial charge in [0.1, 0.15) is 17.7 Å². The summed E-state index contributed by atoms with van der Waals surface area (Å²) in [6.07, 6.45) is 5.10. The van der Waals surface area contributed by atoms with Gasteiger partial charge in [0, 0.05) is 6.20 Å². The van der Waals surface area contributed by atoms with Crippen LogP contribution in [0.2, 0.25) is 0 Å². The number of benzene rings is 1. The Kier molecular flexibility index (Phi) is 4.15. The van der Waals surface area contributed by atoms with Gasteiger partial charge in [0.25, 0.3) is 0 Å². The van der Waals surface area contributed by atoms with Gasteiger partial charge in [-0.25, -0.2) is 9.37 Å². The van der Waals surface area contributed by atoms with Crippen molar-refractivity contribution in [1.29, 1.82) is 0 Å². The molecule has 0 spiro atoms. The Morgan fingerprint density at radius 2 is 2.00 bits per heavy atom. The molecule has 0 fully saturated rings. The Hall–Kier alpha value is -3.55. The van der Waals surface area contributed by atoms with Crippen LogP contribution in [0, 0.1) is 15.9 Å². The molecule has 0 saturated carbocycles. The first-order valence-corrected chi connectivity index (χ1v) is 8.39. The third-order valence-electron chi connectivity index (χ3n) is 4.61. The number of aromatic nitrogens is 2. The molecule has 0 N–H and O–H groups in total. The molecule has 27 heavy (non-hydrogen) atoms. The predicted octanol–water partition coefficient (Wildman–Crippen LogP) is 3.74. The van der Waals surface area contributed by atoms with Crippen molar-refractivity contribution in [3.8, 4) is 0 Å². The first-order chi connectivity index (χ1) is 13.0. The van der Waals surface area contributed by atoms with Gasteiger partial charge < -0.3 is 4.90 Å². The maximum absolute atomic E-state index is 13.7. The van der Waals surface area contributed by atoms with E-state index in [-0.39, 0.29) is 11.7 Å². The van der Waals surface area contributed by atoms with Crippen LogP contribution in [0.4, 0.5) is 4.39 Å². The molecule has 8 heteroatoms. The first-order valence-electron chi connectivity index (χ1n) is 8.39. The normalized spacial score (nSPS) is 17.8. The lowest BCUT2D eigenvalue weighted by Gasteiger charge is -2.34. The number of rotatable bonds is 4. The topological polar surface area (TPSA) is 76.0 Å². The number of hydrogen-bond acceptors (Lipinski definition) is 5. The molecule has 3 heterocycles. The van der Waals surface area contributed by atoms with Crippen LogP contribution in [-0.4, -0.2) is 25.4 Å². The molecule has 2 aromatic heterocycles. The lowest BCUT2D eigenvalue weighted by atomic mass is 10.1. The van der Waals surface area contributed by atoms with Crippen LogP contribution >= 0.6 is 0 Å². The molecule has 1 unspecified atom stereocenters. The van der Waals surface area contributed by atoms with Crippen LogP contribution in [0.1, 0.15) is 30.4 Å². The van der Waals surface area contributed by atoms with E-state index in [0.717, 1.165) is 5.56 Å². The predicted molar refractivity (Wildman–Crippen MR) is 98.2 cm³/mol. The highest BCUT2D eigenvalue weighted by Crippen LogP contribution is 2.34. The highest BCUT2D eigenvalue weighted by molar-refractivity contribution is 5.76. The van der Waals surface area contributed by atoms with Crippen LogP contribution in [0.3, 0.4) is 0 Å². The lowest BCUT2D eigenvalue weighted by Crippen LogP contribution is -2.30. The minimum atomic E-state index is -0.569. The molecule has 1 aliphatic rings. The van der Waals surface area contributed by atoms with E-state index in [1.165, 1.54) is 24.7 Å². The Morgan fingerprint density at radius 1 is 1.22 bits per heavy atom. The molecular weight excluding hydrogens is 349 g/mol. The minimum Gasteiger partial charge on any atom is -0.338 e. The summed E-state index contributed by atoms with van der Waals surface area (Å²) in [7, 11) is 0. The summed E-state index contributed by atoms with van der Waals surface area (Å²) < 4.78 is 15.4. The summed E-state index contributed by atoms with van der Waals surface area (Å²) in [5, 5.41) is 11.3. The second kappa shape index (κ2) is 6.64. The van der Waals surface area contributed by atoms with E-state index in [0.29, 0.717) is 11.3 Å². The lowest BCUT2D eigenvalue weighted by molar-refractivity contribution is -0.415. The van der Waals surface area contributed by atoms with Crippen molar-refractivity contribution >= 4 is 11.9 Å². The highest BCUT2D eigenvalue weighted by atomic mass is 19.1. The fraction of sp³-hybridized carbons (Fsp3) is 0.158. The maximum atomic E-state index is 13.7. The molecule has 2 atom stereocenters. The fourth-order valence-electron chi connectivity index (χ4n) is 3.20. The summed E-state index contributed by atoms with van der Waals surface area (Å²) in [6, 6.07) is 12.4. The standard InChI is InChI=1S/C19H16FN5O2/c1-13(14-5-3-2-4-6-14)23-12-16(25(26)27)9-22-19(23)17-10-21-18-8-7-15(20)11-24(17)18/h2-13,19H,1H3/t13?,19-/m1/s1. The Morgan fingerprint density at radius 3 is 2.74 bits per heavy atom. The van der Waals surface area contributed by atoms with Crippen LogP contribution in [0.25, 0.3) is 5.65 Å². The SMILES string of the molecule is CC(c1ccccc1)N1C=C([N+](=O)[O-])C=N[C@H]1c1cnc2ccc(F)cn12. The van der Waals surface area contributed by atoms with Gasteiger partial charge in [0.2, 0.25) is 0 Å². The number of hydrogen-bond donors (Lipinski definition) is 0. The minimum absolute atomic E-state index is 0.103. The van der Waals surface area contributed by atoms with E-state index in [1.807, 2.05) is 37.3 Å². The zero-order chi connectivity index (χ0) is 19.0. The van der Waals surface area contributed by atoms with Crippen molar-refractivity contribution in [3.63, 3.8) is 0 Å². The number of pyridine rings is 1. The monoisotopic (exact) mass is 365 g/mol. The van der Waals surface area contributed by atoms with Crippen molar-refractivity contribution in [1.82, 2.24) is 14.3 Å². The van der Waals surface area contributed by atoms with Gasteiger partial charge in [0.15, 0.2) is 6.17 Å². The van der Waals surface area contributed by atoms with Gasteiger partial charge in [-0.1, -0.05) is 30.3 Å². The van der Waals surface area contributed by atoms with Gasteiger partial charge in [-0.3, -0.25) is 19.5 Å². The third kappa shape index (κ3) is 3.05. The molecule has 0 aliphatic carbocycles.